The van der Waals surface area contributed by atoms with Crippen molar-refractivity contribution in [3.05, 3.63) is 30.1 Å². The van der Waals surface area contributed by atoms with Crippen LogP contribution < -0.4 is 11.1 Å². The van der Waals surface area contributed by atoms with E-state index in [1.54, 1.807) is 11.8 Å². The van der Waals surface area contributed by atoms with Crippen molar-refractivity contribution in [2.45, 2.75) is 25.3 Å². The maximum Gasteiger partial charge on any atom is 0.236 e. The number of hydrogen-bond acceptors (Lipinski definition) is 4. The first kappa shape index (κ1) is 15.9. The molecule has 1 amide bonds. The summed E-state index contributed by atoms with van der Waals surface area (Å²) in [5.41, 5.74) is 7.84. The number of amides is 1. The Morgan fingerprint density at radius 2 is 2.29 bits per heavy atom. The highest BCUT2D eigenvalue weighted by molar-refractivity contribution is 7.98. The average molecular weight is 306 g/mol. The molecule has 0 fully saturated rings. The average Bonchev–Trinajstić information content (AvgIpc) is 2.91. The molecule has 0 bridgehead atoms. The van der Waals surface area contributed by atoms with E-state index in [0.29, 0.717) is 6.54 Å². The molecule has 0 saturated carbocycles. The molecule has 0 saturated heterocycles. The van der Waals surface area contributed by atoms with Gasteiger partial charge in [0.1, 0.15) is 5.82 Å². The van der Waals surface area contributed by atoms with Crippen LogP contribution in [0.5, 0.6) is 0 Å². The fraction of sp³-hybridized carbons (Fsp3) is 0.467. The standard InChI is InChI=1S/C15H22N4OS/c1-21-10-8-11(16)15(20)17-9-4-7-14-18-12-5-2-3-6-13(12)19-14/h2-3,5-6,11H,4,7-10,16H2,1H3,(H,17,20)(H,18,19)/t11-/m0/s1. The highest BCUT2D eigenvalue weighted by Gasteiger charge is 2.11. The minimum Gasteiger partial charge on any atom is -0.355 e. The van der Waals surface area contributed by atoms with Crippen LogP contribution in [0, 0.1) is 0 Å². The van der Waals surface area contributed by atoms with E-state index in [2.05, 4.69) is 15.3 Å². The Morgan fingerprint density at radius 3 is 3.05 bits per heavy atom. The molecule has 1 aromatic carbocycles. The van der Waals surface area contributed by atoms with E-state index in [-0.39, 0.29) is 5.91 Å². The lowest BCUT2D eigenvalue weighted by Gasteiger charge is -2.11. The molecule has 0 unspecified atom stereocenters. The third-order valence-electron chi connectivity index (χ3n) is 3.30. The van der Waals surface area contributed by atoms with Gasteiger partial charge in [-0.3, -0.25) is 4.79 Å². The van der Waals surface area contributed by atoms with Crippen LogP contribution in [0.1, 0.15) is 18.7 Å². The van der Waals surface area contributed by atoms with E-state index in [4.69, 9.17) is 5.73 Å². The number of rotatable bonds is 8. The first-order valence-corrected chi connectivity index (χ1v) is 8.56. The second kappa shape index (κ2) is 8.05. The van der Waals surface area contributed by atoms with Gasteiger partial charge in [0.05, 0.1) is 17.1 Å². The number of nitrogens with two attached hydrogens (primary N) is 1. The second-order valence-corrected chi connectivity index (χ2v) is 5.97. The van der Waals surface area contributed by atoms with Crippen LogP contribution in [0.25, 0.3) is 11.0 Å². The van der Waals surface area contributed by atoms with Crippen molar-refractivity contribution in [2.75, 3.05) is 18.6 Å². The molecule has 1 aromatic heterocycles. The molecule has 0 aliphatic rings. The van der Waals surface area contributed by atoms with Gasteiger partial charge in [-0.2, -0.15) is 11.8 Å². The maximum atomic E-state index is 11.7. The topological polar surface area (TPSA) is 83.8 Å². The minimum absolute atomic E-state index is 0.0614. The first-order chi connectivity index (χ1) is 10.2. The van der Waals surface area contributed by atoms with Crippen molar-refractivity contribution in [3.63, 3.8) is 0 Å². The predicted molar refractivity (Wildman–Crippen MR) is 88.4 cm³/mol. The maximum absolute atomic E-state index is 11.7. The molecule has 21 heavy (non-hydrogen) atoms. The summed E-state index contributed by atoms with van der Waals surface area (Å²) < 4.78 is 0. The van der Waals surface area contributed by atoms with Crippen LogP contribution >= 0.6 is 11.8 Å². The summed E-state index contributed by atoms with van der Waals surface area (Å²) in [6, 6.07) is 7.56. The zero-order valence-corrected chi connectivity index (χ0v) is 13.1. The normalized spacial score (nSPS) is 12.5. The molecule has 114 valence electrons. The molecule has 5 nitrogen and oxygen atoms in total. The van der Waals surface area contributed by atoms with E-state index >= 15 is 0 Å². The van der Waals surface area contributed by atoms with E-state index in [1.165, 1.54) is 0 Å². The Hall–Kier alpha value is -1.53. The van der Waals surface area contributed by atoms with Crippen LogP contribution in [0.4, 0.5) is 0 Å². The monoisotopic (exact) mass is 306 g/mol. The van der Waals surface area contributed by atoms with Gasteiger partial charge in [0.15, 0.2) is 0 Å². The summed E-state index contributed by atoms with van der Waals surface area (Å²) >= 11 is 1.70. The van der Waals surface area contributed by atoms with Crippen LogP contribution in [-0.2, 0) is 11.2 Å². The Morgan fingerprint density at radius 1 is 1.48 bits per heavy atom. The molecule has 0 spiro atoms. The van der Waals surface area contributed by atoms with Crippen molar-refractivity contribution in [1.82, 2.24) is 15.3 Å². The number of carbonyl (C=O) groups is 1. The summed E-state index contributed by atoms with van der Waals surface area (Å²) in [5, 5.41) is 2.88. The quantitative estimate of drug-likeness (QED) is 0.648. The number of nitrogens with one attached hydrogen (secondary N) is 2. The number of carbonyl (C=O) groups excluding carboxylic acids is 1. The number of para-hydroxylation sites is 2. The van der Waals surface area contributed by atoms with Gasteiger partial charge < -0.3 is 16.0 Å². The smallest absolute Gasteiger partial charge is 0.236 e. The van der Waals surface area contributed by atoms with Crippen LogP contribution in [0.15, 0.2) is 24.3 Å². The fourth-order valence-electron chi connectivity index (χ4n) is 2.10. The summed E-state index contributed by atoms with van der Waals surface area (Å²) in [6.07, 6.45) is 4.39. The van der Waals surface area contributed by atoms with Crippen LogP contribution in [-0.4, -0.2) is 40.5 Å². The number of fused-ring (bicyclic) bond motifs is 1. The summed E-state index contributed by atoms with van der Waals surface area (Å²) in [6.45, 7) is 0.628. The number of aromatic nitrogens is 2. The number of aryl methyl sites for hydroxylation is 1. The number of H-pyrrole nitrogens is 1. The molecule has 4 N–H and O–H groups in total. The molecule has 2 aromatic rings. The Balaban J connectivity index is 1.70. The molecule has 1 heterocycles. The summed E-state index contributed by atoms with van der Waals surface area (Å²) in [7, 11) is 0. The van der Waals surface area contributed by atoms with E-state index < -0.39 is 6.04 Å². The van der Waals surface area contributed by atoms with Crippen molar-refractivity contribution >= 4 is 28.7 Å². The largest absolute Gasteiger partial charge is 0.355 e. The molecule has 1 atom stereocenters. The highest BCUT2D eigenvalue weighted by Crippen LogP contribution is 2.11. The zero-order chi connectivity index (χ0) is 15.1. The van der Waals surface area contributed by atoms with Gasteiger partial charge in [-0.25, -0.2) is 4.98 Å². The Bertz CT molecular complexity index is 551. The van der Waals surface area contributed by atoms with Gasteiger partial charge in [0, 0.05) is 13.0 Å². The van der Waals surface area contributed by atoms with Crippen molar-refractivity contribution in [3.8, 4) is 0 Å². The number of imidazole rings is 1. The van der Waals surface area contributed by atoms with Crippen LogP contribution in [0.2, 0.25) is 0 Å². The van der Waals surface area contributed by atoms with Gasteiger partial charge in [-0.05, 0) is 37.0 Å². The number of nitrogens with zero attached hydrogens (tertiary/aromatic N) is 1. The van der Waals surface area contributed by atoms with Gasteiger partial charge in [0.25, 0.3) is 0 Å². The second-order valence-electron chi connectivity index (χ2n) is 4.98. The van der Waals surface area contributed by atoms with Crippen molar-refractivity contribution in [2.24, 2.45) is 5.73 Å². The zero-order valence-electron chi connectivity index (χ0n) is 12.3. The number of hydrogen-bond donors (Lipinski definition) is 3. The van der Waals surface area contributed by atoms with Gasteiger partial charge >= 0.3 is 0 Å². The lowest BCUT2D eigenvalue weighted by atomic mass is 10.2. The minimum atomic E-state index is -0.399. The number of aromatic amines is 1. The highest BCUT2D eigenvalue weighted by atomic mass is 32.2. The fourth-order valence-corrected chi connectivity index (χ4v) is 2.59. The SMILES string of the molecule is CSCC[C@H](N)C(=O)NCCCc1nc2ccccc2[nH]1. The van der Waals surface area contributed by atoms with Crippen LogP contribution in [0.3, 0.4) is 0 Å². The predicted octanol–water partition coefficient (Wildman–Crippen LogP) is 1.69. The van der Waals surface area contributed by atoms with Crippen molar-refractivity contribution in [1.29, 1.82) is 0 Å². The van der Waals surface area contributed by atoms with Gasteiger partial charge in [0.2, 0.25) is 5.91 Å². The third-order valence-corrected chi connectivity index (χ3v) is 3.94. The summed E-state index contributed by atoms with van der Waals surface area (Å²) in [4.78, 5) is 19.5. The molecular formula is C15H22N4OS. The molecular weight excluding hydrogens is 284 g/mol. The van der Waals surface area contributed by atoms with Gasteiger partial charge in [-0.15, -0.1) is 0 Å². The Labute approximate surface area is 129 Å². The third kappa shape index (κ3) is 4.75. The van der Waals surface area contributed by atoms with E-state index in [0.717, 1.165) is 41.9 Å². The van der Waals surface area contributed by atoms with Gasteiger partial charge in [-0.1, -0.05) is 12.1 Å². The van der Waals surface area contributed by atoms with E-state index in [1.807, 2.05) is 30.5 Å². The Kier molecular flexibility index (Phi) is 6.07. The number of benzene rings is 1. The number of thioether (sulfide) groups is 1. The van der Waals surface area contributed by atoms with E-state index in [9.17, 15) is 4.79 Å². The lowest BCUT2D eigenvalue weighted by Crippen LogP contribution is -2.41. The molecule has 0 aliphatic carbocycles. The molecule has 2 rings (SSSR count). The molecule has 0 radical (unpaired) electrons. The lowest BCUT2D eigenvalue weighted by molar-refractivity contribution is -0.122. The van der Waals surface area contributed by atoms with Crippen molar-refractivity contribution < 1.29 is 4.79 Å². The first-order valence-electron chi connectivity index (χ1n) is 7.16. The molecule has 6 heteroatoms. The molecule has 0 aliphatic heterocycles. The summed E-state index contributed by atoms with van der Waals surface area (Å²) in [5.74, 6) is 1.80.